The van der Waals surface area contributed by atoms with Crippen molar-refractivity contribution in [3.63, 3.8) is 0 Å². The zero-order valence-electron chi connectivity index (χ0n) is 6.17. The Morgan fingerprint density at radius 1 is 1.91 bits per heavy atom. The predicted octanol–water partition coefficient (Wildman–Crippen LogP) is 0.311. The highest BCUT2D eigenvalue weighted by atomic mass is 16.6. The lowest BCUT2D eigenvalue weighted by molar-refractivity contribution is -0.139. The maximum absolute atomic E-state index is 10.8. The molecule has 11 heavy (non-hydrogen) atoms. The molecule has 62 valence electrons. The molecule has 0 radical (unpaired) electrons. The van der Waals surface area contributed by atoms with Gasteiger partial charge in [0.05, 0.1) is 5.76 Å². The predicted molar refractivity (Wildman–Crippen MR) is 38.9 cm³/mol. The molecule has 0 spiro atoms. The van der Waals surface area contributed by atoms with Crippen molar-refractivity contribution in [2.24, 2.45) is 0 Å². The molecule has 2 N–H and O–H groups in total. The first-order valence-corrected chi connectivity index (χ1v) is 3.47. The van der Waals surface area contributed by atoms with Gasteiger partial charge in [-0.3, -0.25) is 10.1 Å². The highest BCUT2D eigenvalue weighted by molar-refractivity contribution is 5.77. The molecule has 1 atom stereocenters. The molecule has 0 aromatic rings. The summed E-state index contributed by atoms with van der Waals surface area (Å²) in [5.74, 6) is -0.141. The summed E-state index contributed by atoms with van der Waals surface area (Å²) in [6, 6.07) is -0.265. The lowest BCUT2D eigenvalue weighted by Gasteiger charge is -2.03. The Hall–Kier alpha value is -1.03. The SMILES string of the molecule is C=C(O)CCC1NCOC1=O. The number of nitrogens with one attached hydrogen (secondary N) is 1. The van der Waals surface area contributed by atoms with Crippen LogP contribution in [0.15, 0.2) is 12.3 Å². The van der Waals surface area contributed by atoms with Crippen LogP contribution in [0.1, 0.15) is 12.8 Å². The van der Waals surface area contributed by atoms with E-state index in [2.05, 4.69) is 16.6 Å². The van der Waals surface area contributed by atoms with Gasteiger partial charge in [0, 0.05) is 6.42 Å². The minimum Gasteiger partial charge on any atom is -0.513 e. The van der Waals surface area contributed by atoms with Crippen molar-refractivity contribution in [3.8, 4) is 0 Å². The van der Waals surface area contributed by atoms with Crippen LogP contribution in [0.2, 0.25) is 0 Å². The second kappa shape index (κ2) is 3.39. The van der Waals surface area contributed by atoms with E-state index in [-0.39, 0.29) is 24.5 Å². The van der Waals surface area contributed by atoms with Crippen LogP contribution in [-0.4, -0.2) is 23.8 Å². The molecular formula is C7H11NO3. The highest BCUT2D eigenvalue weighted by Crippen LogP contribution is 2.07. The van der Waals surface area contributed by atoms with Gasteiger partial charge in [0.25, 0.3) is 0 Å². The Morgan fingerprint density at radius 2 is 2.64 bits per heavy atom. The summed E-state index contributed by atoms with van der Waals surface area (Å²) in [6.45, 7) is 3.60. The van der Waals surface area contributed by atoms with Gasteiger partial charge in [0.2, 0.25) is 0 Å². The number of cyclic esters (lactones) is 1. The molecule has 0 aromatic carbocycles. The topological polar surface area (TPSA) is 58.6 Å². The number of allylic oxidation sites excluding steroid dienone is 1. The average Bonchev–Trinajstić information content (AvgIpc) is 2.31. The Bertz CT molecular complexity index is 179. The lowest BCUT2D eigenvalue weighted by atomic mass is 10.1. The van der Waals surface area contributed by atoms with Gasteiger partial charge in [-0.15, -0.1) is 0 Å². The van der Waals surface area contributed by atoms with Crippen LogP contribution in [0.4, 0.5) is 0 Å². The Labute approximate surface area is 64.9 Å². The van der Waals surface area contributed by atoms with E-state index >= 15 is 0 Å². The summed E-state index contributed by atoms with van der Waals surface area (Å²) in [7, 11) is 0. The van der Waals surface area contributed by atoms with Crippen LogP contribution < -0.4 is 5.32 Å². The summed E-state index contributed by atoms with van der Waals surface area (Å²) >= 11 is 0. The average molecular weight is 157 g/mol. The summed E-state index contributed by atoms with van der Waals surface area (Å²) in [6.07, 6.45) is 0.987. The fourth-order valence-corrected chi connectivity index (χ4v) is 0.928. The van der Waals surface area contributed by atoms with E-state index in [9.17, 15) is 4.79 Å². The van der Waals surface area contributed by atoms with Gasteiger partial charge < -0.3 is 9.84 Å². The largest absolute Gasteiger partial charge is 0.513 e. The number of ether oxygens (including phenoxy) is 1. The number of rotatable bonds is 3. The van der Waals surface area contributed by atoms with Crippen molar-refractivity contribution < 1.29 is 14.6 Å². The molecule has 0 saturated carbocycles. The van der Waals surface area contributed by atoms with E-state index in [1.165, 1.54) is 0 Å². The minimum absolute atomic E-state index is 0.103. The molecule has 1 rings (SSSR count). The molecule has 1 aliphatic heterocycles. The third kappa shape index (κ3) is 2.23. The summed E-state index contributed by atoms with van der Waals surface area (Å²) in [4.78, 5) is 10.8. The standard InChI is InChI=1S/C7H11NO3/c1-5(9)2-3-6-7(10)11-4-8-6/h6,8-9H,1-4H2. The first kappa shape index (κ1) is 8.07. The van der Waals surface area contributed by atoms with Crippen molar-refractivity contribution in [1.29, 1.82) is 0 Å². The Kier molecular flexibility index (Phi) is 2.48. The summed E-state index contributed by atoms with van der Waals surface area (Å²) in [5.41, 5.74) is 0. The molecule has 1 saturated heterocycles. The molecule has 1 heterocycles. The van der Waals surface area contributed by atoms with Crippen LogP contribution in [0.3, 0.4) is 0 Å². The fraction of sp³-hybridized carbons (Fsp3) is 0.571. The van der Waals surface area contributed by atoms with E-state index in [1.807, 2.05) is 0 Å². The van der Waals surface area contributed by atoms with E-state index in [0.717, 1.165) is 0 Å². The third-order valence-electron chi connectivity index (χ3n) is 1.55. The number of aliphatic hydroxyl groups excluding tert-OH is 1. The molecular weight excluding hydrogens is 146 g/mol. The second-order valence-corrected chi connectivity index (χ2v) is 2.47. The van der Waals surface area contributed by atoms with Gasteiger partial charge in [-0.2, -0.15) is 0 Å². The number of esters is 1. The molecule has 4 heteroatoms. The summed E-state index contributed by atoms with van der Waals surface area (Å²) < 4.78 is 4.64. The van der Waals surface area contributed by atoms with Gasteiger partial charge in [0.15, 0.2) is 0 Å². The molecule has 1 unspecified atom stereocenters. The van der Waals surface area contributed by atoms with Gasteiger partial charge in [-0.1, -0.05) is 6.58 Å². The van der Waals surface area contributed by atoms with E-state index < -0.39 is 0 Å². The Balaban J connectivity index is 2.26. The van der Waals surface area contributed by atoms with Crippen LogP contribution in [0.5, 0.6) is 0 Å². The second-order valence-electron chi connectivity index (χ2n) is 2.47. The van der Waals surface area contributed by atoms with Gasteiger partial charge in [-0.05, 0) is 6.42 Å². The van der Waals surface area contributed by atoms with Crippen LogP contribution in [0, 0.1) is 0 Å². The zero-order valence-corrected chi connectivity index (χ0v) is 6.17. The van der Waals surface area contributed by atoms with Crippen LogP contribution in [0.25, 0.3) is 0 Å². The number of hydrogen-bond acceptors (Lipinski definition) is 4. The molecule has 0 aliphatic carbocycles. The molecule has 0 aromatic heterocycles. The monoisotopic (exact) mass is 157 g/mol. The first-order chi connectivity index (χ1) is 5.20. The van der Waals surface area contributed by atoms with Crippen LogP contribution in [-0.2, 0) is 9.53 Å². The number of aliphatic hydroxyl groups is 1. The quantitative estimate of drug-likeness (QED) is 0.457. The van der Waals surface area contributed by atoms with E-state index in [0.29, 0.717) is 12.8 Å². The van der Waals surface area contributed by atoms with Crippen molar-refractivity contribution in [2.75, 3.05) is 6.73 Å². The van der Waals surface area contributed by atoms with Crippen molar-refractivity contribution in [1.82, 2.24) is 5.32 Å². The lowest BCUT2D eigenvalue weighted by Crippen LogP contribution is -2.26. The van der Waals surface area contributed by atoms with Crippen molar-refractivity contribution >= 4 is 5.97 Å². The fourth-order valence-electron chi connectivity index (χ4n) is 0.928. The molecule has 1 aliphatic rings. The van der Waals surface area contributed by atoms with E-state index in [1.54, 1.807) is 0 Å². The van der Waals surface area contributed by atoms with Crippen molar-refractivity contribution in [2.45, 2.75) is 18.9 Å². The maximum atomic E-state index is 10.8. The van der Waals surface area contributed by atoms with Gasteiger partial charge in [-0.25, -0.2) is 0 Å². The van der Waals surface area contributed by atoms with Gasteiger partial charge >= 0.3 is 5.97 Å². The van der Waals surface area contributed by atoms with Gasteiger partial charge in [0.1, 0.15) is 12.8 Å². The number of carbonyl (C=O) groups is 1. The highest BCUT2D eigenvalue weighted by Gasteiger charge is 2.24. The van der Waals surface area contributed by atoms with Crippen molar-refractivity contribution in [3.05, 3.63) is 12.3 Å². The molecule has 4 nitrogen and oxygen atoms in total. The Morgan fingerprint density at radius 3 is 3.09 bits per heavy atom. The maximum Gasteiger partial charge on any atom is 0.324 e. The smallest absolute Gasteiger partial charge is 0.324 e. The molecule has 0 bridgehead atoms. The summed E-state index contributed by atoms with van der Waals surface area (Å²) in [5, 5.41) is 11.6. The molecule has 0 amide bonds. The zero-order chi connectivity index (χ0) is 8.27. The first-order valence-electron chi connectivity index (χ1n) is 3.47. The normalized spacial score (nSPS) is 23.3. The molecule has 1 fully saturated rings. The van der Waals surface area contributed by atoms with Crippen LogP contribution >= 0.6 is 0 Å². The number of hydrogen-bond donors (Lipinski definition) is 2. The third-order valence-corrected chi connectivity index (χ3v) is 1.55. The minimum atomic E-state index is -0.265. The van der Waals surface area contributed by atoms with E-state index in [4.69, 9.17) is 5.11 Å². The number of carbonyl (C=O) groups excluding carboxylic acids is 1.